The molecule has 0 radical (unpaired) electrons. The van der Waals surface area contributed by atoms with E-state index in [-0.39, 0.29) is 11.8 Å². The zero-order chi connectivity index (χ0) is 16.1. The summed E-state index contributed by atoms with van der Waals surface area (Å²) < 4.78 is 0. The van der Waals surface area contributed by atoms with Gasteiger partial charge in [0.2, 0.25) is 5.91 Å². The molecule has 0 atom stereocenters. The average Bonchev–Trinajstić information content (AvgIpc) is 2.56. The molecule has 2 aromatic rings. The molecule has 0 bridgehead atoms. The van der Waals surface area contributed by atoms with Gasteiger partial charge >= 0.3 is 0 Å². The van der Waals surface area contributed by atoms with Gasteiger partial charge in [-0.2, -0.15) is 0 Å². The van der Waals surface area contributed by atoms with E-state index in [1.807, 2.05) is 48.5 Å². The van der Waals surface area contributed by atoms with Crippen molar-refractivity contribution in [1.82, 2.24) is 4.90 Å². The van der Waals surface area contributed by atoms with Gasteiger partial charge in [0.1, 0.15) is 0 Å². The average molecular weight is 329 g/mol. The zero-order valence-corrected chi connectivity index (χ0v) is 13.8. The SMILES string of the molecule is O=C(Nc1ccccc1)C1CCN(Cc2cccc(Cl)c2)CC1. The van der Waals surface area contributed by atoms with Gasteiger partial charge in [0.15, 0.2) is 0 Å². The summed E-state index contributed by atoms with van der Waals surface area (Å²) in [5.41, 5.74) is 2.10. The summed E-state index contributed by atoms with van der Waals surface area (Å²) in [6, 6.07) is 17.6. The summed E-state index contributed by atoms with van der Waals surface area (Å²) in [4.78, 5) is 14.7. The van der Waals surface area contributed by atoms with E-state index in [4.69, 9.17) is 11.6 Å². The maximum Gasteiger partial charge on any atom is 0.227 e. The number of likely N-dealkylation sites (tertiary alicyclic amines) is 1. The number of hydrogen-bond acceptors (Lipinski definition) is 2. The van der Waals surface area contributed by atoms with E-state index in [1.165, 1.54) is 5.56 Å². The second-order valence-corrected chi connectivity index (χ2v) is 6.47. The molecule has 120 valence electrons. The molecule has 1 N–H and O–H groups in total. The summed E-state index contributed by atoms with van der Waals surface area (Å²) in [5, 5.41) is 3.79. The Balaban J connectivity index is 1.49. The number of carbonyl (C=O) groups excluding carboxylic acids is 1. The molecule has 0 aliphatic carbocycles. The number of benzene rings is 2. The van der Waals surface area contributed by atoms with Crippen LogP contribution in [-0.4, -0.2) is 23.9 Å². The monoisotopic (exact) mass is 328 g/mol. The first-order valence-electron chi connectivity index (χ1n) is 8.03. The normalized spacial score (nSPS) is 16.2. The van der Waals surface area contributed by atoms with Crippen molar-refractivity contribution in [2.45, 2.75) is 19.4 Å². The summed E-state index contributed by atoms with van der Waals surface area (Å²) in [6.45, 7) is 2.78. The van der Waals surface area contributed by atoms with Gasteiger partial charge < -0.3 is 5.32 Å². The van der Waals surface area contributed by atoms with E-state index in [2.05, 4.69) is 16.3 Å². The highest BCUT2D eigenvalue weighted by Crippen LogP contribution is 2.21. The Labute approximate surface area is 142 Å². The van der Waals surface area contributed by atoms with Gasteiger partial charge in [0.05, 0.1) is 0 Å². The smallest absolute Gasteiger partial charge is 0.227 e. The molecular formula is C19H21ClN2O. The van der Waals surface area contributed by atoms with Crippen LogP contribution in [-0.2, 0) is 11.3 Å². The first-order chi connectivity index (χ1) is 11.2. The lowest BCUT2D eigenvalue weighted by atomic mass is 9.95. The topological polar surface area (TPSA) is 32.3 Å². The van der Waals surface area contributed by atoms with Crippen molar-refractivity contribution >= 4 is 23.2 Å². The highest BCUT2D eigenvalue weighted by molar-refractivity contribution is 6.30. The Morgan fingerprint density at radius 1 is 1.09 bits per heavy atom. The van der Waals surface area contributed by atoms with E-state index < -0.39 is 0 Å². The van der Waals surface area contributed by atoms with Crippen molar-refractivity contribution in [2.24, 2.45) is 5.92 Å². The number of rotatable bonds is 4. The van der Waals surface area contributed by atoms with Crippen LogP contribution < -0.4 is 5.32 Å². The van der Waals surface area contributed by atoms with Crippen molar-refractivity contribution in [3.63, 3.8) is 0 Å². The van der Waals surface area contributed by atoms with Crippen molar-refractivity contribution in [2.75, 3.05) is 18.4 Å². The fraction of sp³-hybridized carbons (Fsp3) is 0.316. The molecule has 1 saturated heterocycles. The van der Waals surface area contributed by atoms with Crippen LogP contribution >= 0.6 is 11.6 Å². The molecule has 0 spiro atoms. The first-order valence-corrected chi connectivity index (χ1v) is 8.41. The Morgan fingerprint density at radius 3 is 2.52 bits per heavy atom. The molecule has 0 unspecified atom stereocenters. The molecule has 4 heteroatoms. The molecular weight excluding hydrogens is 308 g/mol. The summed E-state index contributed by atoms with van der Waals surface area (Å²) >= 11 is 6.03. The van der Waals surface area contributed by atoms with Gasteiger partial charge in [-0.05, 0) is 55.8 Å². The Hall–Kier alpha value is -1.84. The van der Waals surface area contributed by atoms with Crippen molar-refractivity contribution in [1.29, 1.82) is 0 Å². The molecule has 1 aliphatic rings. The predicted octanol–water partition coefficient (Wildman–Crippen LogP) is 4.19. The fourth-order valence-electron chi connectivity index (χ4n) is 3.01. The first kappa shape index (κ1) is 16.0. The van der Waals surface area contributed by atoms with Crippen LogP contribution in [0.2, 0.25) is 5.02 Å². The number of piperidine rings is 1. The van der Waals surface area contributed by atoms with E-state index in [0.29, 0.717) is 0 Å². The number of anilines is 1. The van der Waals surface area contributed by atoms with Gasteiger partial charge in [0, 0.05) is 23.2 Å². The summed E-state index contributed by atoms with van der Waals surface area (Å²) in [5.74, 6) is 0.240. The second-order valence-electron chi connectivity index (χ2n) is 6.04. The van der Waals surface area contributed by atoms with Crippen molar-refractivity contribution in [3.05, 3.63) is 65.2 Å². The minimum atomic E-state index is 0.103. The minimum absolute atomic E-state index is 0.103. The van der Waals surface area contributed by atoms with E-state index in [1.54, 1.807) is 0 Å². The Morgan fingerprint density at radius 2 is 1.83 bits per heavy atom. The minimum Gasteiger partial charge on any atom is -0.326 e. The summed E-state index contributed by atoms with van der Waals surface area (Å²) in [6.07, 6.45) is 1.80. The molecule has 0 saturated carbocycles. The van der Waals surface area contributed by atoms with E-state index in [9.17, 15) is 4.79 Å². The maximum absolute atomic E-state index is 12.3. The lowest BCUT2D eigenvalue weighted by molar-refractivity contribution is -0.121. The van der Waals surface area contributed by atoms with Crippen LogP contribution in [0.25, 0.3) is 0 Å². The molecule has 1 aliphatic heterocycles. The fourth-order valence-corrected chi connectivity index (χ4v) is 3.23. The quantitative estimate of drug-likeness (QED) is 0.912. The van der Waals surface area contributed by atoms with Gasteiger partial charge in [-0.1, -0.05) is 41.9 Å². The van der Waals surface area contributed by atoms with Gasteiger partial charge in [0.25, 0.3) is 0 Å². The largest absolute Gasteiger partial charge is 0.326 e. The number of para-hydroxylation sites is 1. The van der Waals surface area contributed by atoms with Gasteiger partial charge in [-0.3, -0.25) is 9.69 Å². The Bertz CT molecular complexity index is 651. The number of halogens is 1. The molecule has 0 aromatic heterocycles. The molecule has 1 fully saturated rings. The zero-order valence-electron chi connectivity index (χ0n) is 13.0. The number of nitrogens with one attached hydrogen (secondary N) is 1. The number of amides is 1. The third-order valence-corrected chi connectivity index (χ3v) is 4.53. The Kier molecular flexibility index (Phi) is 5.31. The summed E-state index contributed by atoms with van der Waals surface area (Å²) in [7, 11) is 0. The van der Waals surface area contributed by atoms with Crippen molar-refractivity contribution < 1.29 is 4.79 Å². The van der Waals surface area contributed by atoms with Crippen LogP contribution in [0.15, 0.2) is 54.6 Å². The predicted molar refractivity (Wildman–Crippen MR) is 94.5 cm³/mol. The maximum atomic E-state index is 12.3. The van der Waals surface area contributed by atoms with Crippen LogP contribution in [0, 0.1) is 5.92 Å². The lowest BCUT2D eigenvalue weighted by Crippen LogP contribution is -2.37. The molecule has 2 aromatic carbocycles. The number of carbonyl (C=O) groups is 1. The van der Waals surface area contributed by atoms with Crippen LogP contribution in [0.5, 0.6) is 0 Å². The van der Waals surface area contributed by atoms with Crippen LogP contribution in [0.3, 0.4) is 0 Å². The highest BCUT2D eigenvalue weighted by atomic mass is 35.5. The van der Waals surface area contributed by atoms with Crippen LogP contribution in [0.1, 0.15) is 18.4 Å². The van der Waals surface area contributed by atoms with Crippen molar-refractivity contribution in [3.8, 4) is 0 Å². The van der Waals surface area contributed by atoms with Gasteiger partial charge in [-0.15, -0.1) is 0 Å². The highest BCUT2D eigenvalue weighted by Gasteiger charge is 2.24. The molecule has 3 rings (SSSR count). The standard InChI is InChI=1S/C19H21ClN2O/c20-17-6-4-5-15(13-17)14-22-11-9-16(10-12-22)19(23)21-18-7-2-1-3-8-18/h1-8,13,16H,9-12,14H2,(H,21,23). The van der Waals surface area contributed by atoms with E-state index in [0.717, 1.165) is 43.2 Å². The van der Waals surface area contributed by atoms with E-state index >= 15 is 0 Å². The molecule has 3 nitrogen and oxygen atoms in total. The number of hydrogen-bond donors (Lipinski definition) is 1. The molecule has 1 amide bonds. The van der Waals surface area contributed by atoms with Gasteiger partial charge in [-0.25, -0.2) is 0 Å². The number of nitrogens with zero attached hydrogens (tertiary/aromatic N) is 1. The molecule has 23 heavy (non-hydrogen) atoms. The second kappa shape index (κ2) is 7.62. The van der Waals surface area contributed by atoms with Crippen LogP contribution in [0.4, 0.5) is 5.69 Å². The lowest BCUT2D eigenvalue weighted by Gasteiger charge is -2.31. The molecule has 1 heterocycles. The third kappa shape index (κ3) is 4.57. The third-order valence-electron chi connectivity index (χ3n) is 4.29.